The van der Waals surface area contributed by atoms with Crippen molar-refractivity contribution >= 4 is 5.84 Å². The van der Waals surface area contributed by atoms with Crippen LogP contribution in [0.15, 0.2) is 17.3 Å². The first-order valence-corrected chi connectivity index (χ1v) is 4.93. The van der Waals surface area contributed by atoms with Crippen LogP contribution in [0, 0.1) is 0 Å². The largest absolute Gasteiger partial charge is 0.356 e. The van der Waals surface area contributed by atoms with Crippen molar-refractivity contribution in [3.8, 4) is 0 Å². The Kier molecular flexibility index (Phi) is 2.45. The molecule has 0 aromatic heterocycles. The predicted octanol–water partition coefficient (Wildman–Crippen LogP) is 2.18. The Morgan fingerprint density at radius 3 is 3.08 bits per heavy atom. The van der Waals surface area contributed by atoms with E-state index >= 15 is 0 Å². The lowest BCUT2D eigenvalue weighted by atomic mass is 10.1. The Labute approximate surface area is 74.0 Å². The summed E-state index contributed by atoms with van der Waals surface area (Å²) in [5.74, 6) is 1.32. The fourth-order valence-electron chi connectivity index (χ4n) is 1.88. The van der Waals surface area contributed by atoms with Crippen molar-refractivity contribution in [1.29, 1.82) is 0 Å². The van der Waals surface area contributed by atoms with Gasteiger partial charge in [0.2, 0.25) is 0 Å². The van der Waals surface area contributed by atoms with E-state index in [0.717, 1.165) is 6.54 Å². The average molecular weight is 164 g/mol. The van der Waals surface area contributed by atoms with E-state index in [9.17, 15) is 0 Å². The fraction of sp³-hybridized carbons (Fsp3) is 0.700. The summed E-state index contributed by atoms with van der Waals surface area (Å²) < 4.78 is 0. The van der Waals surface area contributed by atoms with E-state index in [4.69, 9.17) is 0 Å². The van der Waals surface area contributed by atoms with Crippen molar-refractivity contribution in [3.05, 3.63) is 12.3 Å². The van der Waals surface area contributed by atoms with Gasteiger partial charge >= 0.3 is 0 Å². The zero-order chi connectivity index (χ0) is 8.23. The van der Waals surface area contributed by atoms with Crippen molar-refractivity contribution in [1.82, 2.24) is 4.90 Å². The molecule has 0 spiro atoms. The molecular formula is C10H16N2. The maximum atomic E-state index is 4.42. The zero-order valence-corrected chi connectivity index (χ0v) is 7.50. The predicted molar refractivity (Wildman–Crippen MR) is 51.2 cm³/mol. The second-order valence-electron chi connectivity index (χ2n) is 3.54. The molecule has 0 saturated carbocycles. The second-order valence-corrected chi connectivity index (χ2v) is 3.54. The minimum atomic E-state index is 1.08. The van der Waals surface area contributed by atoms with Crippen molar-refractivity contribution in [2.24, 2.45) is 4.99 Å². The molecule has 0 bridgehead atoms. The normalized spacial score (nSPS) is 24.0. The Bertz CT molecular complexity index is 206. The summed E-state index contributed by atoms with van der Waals surface area (Å²) in [7, 11) is 0. The van der Waals surface area contributed by atoms with Gasteiger partial charge in [0.15, 0.2) is 0 Å². The van der Waals surface area contributed by atoms with E-state index in [1.165, 1.54) is 44.5 Å². The molecule has 1 saturated heterocycles. The summed E-state index contributed by atoms with van der Waals surface area (Å²) >= 11 is 0. The van der Waals surface area contributed by atoms with Crippen LogP contribution in [0.25, 0.3) is 0 Å². The monoisotopic (exact) mass is 164 g/mol. The van der Waals surface area contributed by atoms with E-state index in [2.05, 4.69) is 16.0 Å². The molecule has 0 unspecified atom stereocenters. The quantitative estimate of drug-likeness (QED) is 0.536. The molecule has 2 rings (SSSR count). The highest BCUT2D eigenvalue weighted by Gasteiger charge is 2.13. The van der Waals surface area contributed by atoms with Gasteiger partial charge < -0.3 is 4.90 Å². The van der Waals surface area contributed by atoms with Crippen LogP contribution < -0.4 is 0 Å². The van der Waals surface area contributed by atoms with E-state index in [0.29, 0.717) is 0 Å². The maximum absolute atomic E-state index is 4.42. The molecule has 0 aromatic carbocycles. The number of aliphatic imine (C=N–C) groups is 1. The molecule has 0 amide bonds. The van der Waals surface area contributed by atoms with Crippen LogP contribution in [0.3, 0.4) is 0 Å². The number of hydrogen-bond acceptors (Lipinski definition) is 2. The van der Waals surface area contributed by atoms with Gasteiger partial charge in [-0.05, 0) is 18.9 Å². The molecule has 2 heterocycles. The van der Waals surface area contributed by atoms with E-state index in [-0.39, 0.29) is 0 Å². The van der Waals surface area contributed by atoms with Gasteiger partial charge in [-0.15, -0.1) is 0 Å². The first-order valence-electron chi connectivity index (χ1n) is 4.93. The summed E-state index contributed by atoms with van der Waals surface area (Å²) in [6, 6.07) is 0. The highest BCUT2D eigenvalue weighted by molar-refractivity contribution is 5.83. The van der Waals surface area contributed by atoms with Crippen LogP contribution in [0.2, 0.25) is 0 Å². The average Bonchev–Trinajstić information content (AvgIpc) is 2.06. The molecule has 0 radical (unpaired) electrons. The van der Waals surface area contributed by atoms with Crippen LogP contribution in [0.1, 0.15) is 32.1 Å². The maximum Gasteiger partial charge on any atom is 0.104 e. The number of hydrogen-bond donors (Lipinski definition) is 0. The van der Waals surface area contributed by atoms with E-state index < -0.39 is 0 Å². The molecule has 2 aliphatic heterocycles. The molecular weight excluding hydrogens is 148 g/mol. The Hall–Kier alpha value is -0.790. The van der Waals surface area contributed by atoms with E-state index in [1.54, 1.807) is 0 Å². The molecule has 66 valence electrons. The van der Waals surface area contributed by atoms with Crippen LogP contribution >= 0.6 is 0 Å². The fourth-order valence-corrected chi connectivity index (χ4v) is 1.88. The number of amidine groups is 1. The Morgan fingerprint density at radius 2 is 2.08 bits per heavy atom. The van der Waals surface area contributed by atoms with Crippen molar-refractivity contribution < 1.29 is 0 Å². The molecule has 2 aliphatic rings. The Morgan fingerprint density at radius 1 is 1.17 bits per heavy atom. The lowest BCUT2D eigenvalue weighted by molar-refractivity contribution is 0.405. The number of nitrogens with zero attached hydrogens (tertiary/aromatic N) is 2. The number of fused-ring (bicyclic) bond motifs is 1. The first-order chi connectivity index (χ1) is 5.97. The van der Waals surface area contributed by atoms with Gasteiger partial charge in [-0.1, -0.05) is 12.8 Å². The third-order valence-electron chi connectivity index (χ3n) is 2.60. The zero-order valence-electron chi connectivity index (χ0n) is 7.50. The van der Waals surface area contributed by atoms with Gasteiger partial charge in [-0.25, -0.2) is 4.99 Å². The van der Waals surface area contributed by atoms with Gasteiger partial charge in [-0.2, -0.15) is 0 Å². The summed E-state index contributed by atoms with van der Waals surface area (Å²) in [4.78, 5) is 6.83. The Balaban J connectivity index is 2.04. The van der Waals surface area contributed by atoms with Crippen molar-refractivity contribution in [2.45, 2.75) is 32.1 Å². The summed E-state index contributed by atoms with van der Waals surface area (Å²) in [6.07, 6.45) is 10.7. The second kappa shape index (κ2) is 3.74. The smallest absolute Gasteiger partial charge is 0.104 e. The molecule has 1 fully saturated rings. The molecule has 0 aliphatic carbocycles. The van der Waals surface area contributed by atoms with Crippen LogP contribution in [-0.4, -0.2) is 23.8 Å². The van der Waals surface area contributed by atoms with Gasteiger partial charge in [-0.3, -0.25) is 0 Å². The summed E-state index contributed by atoms with van der Waals surface area (Å²) in [5, 5.41) is 0. The van der Waals surface area contributed by atoms with E-state index in [1.807, 2.05) is 6.20 Å². The molecule has 2 heteroatoms. The van der Waals surface area contributed by atoms with Crippen LogP contribution in [0.5, 0.6) is 0 Å². The third-order valence-corrected chi connectivity index (χ3v) is 2.60. The topological polar surface area (TPSA) is 15.6 Å². The highest BCUT2D eigenvalue weighted by atomic mass is 15.2. The first kappa shape index (κ1) is 7.84. The van der Waals surface area contributed by atoms with Gasteiger partial charge in [0, 0.05) is 25.7 Å². The molecule has 12 heavy (non-hydrogen) atoms. The molecule has 2 nitrogen and oxygen atoms in total. The third kappa shape index (κ3) is 1.68. The van der Waals surface area contributed by atoms with Crippen LogP contribution in [0.4, 0.5) is 0 Å². The van der Waals surface area contributed by atoms with Gasteiger partial charge in [0.25, 0.3) is 0 Å². The SMILES string of the molecule is C1=CN=C2CCCCCCN2C1. The molecule has 0 aromatic rings. The number of rotatable bonds is 0. The minimum Gasteiger partial charge on any atom is -0.356 e. The lowest BCUT2D eigenvalue weighted by Crippen LogP contribution is -2.34. The minimum absolute atomic E-state index is 1.08. The van der Waals surface area contributed by atoms with Gasteiger partial charge in [0.1, 0.15) is 5.84 Å². The standard InChI is InChI=1S/C10H16N2/c1-2-4-8-12-9-5-7-11-10(12)6-3-1/h5,7H,1-4,6,8-9H2. The summed E-state index contributed by atoms with van der Waals surface area (Å²) in [5.41, 5.74) is 0. The highest BCUT2D eigenvalue weighted by Crippen LogP contribution is 2.14. The molecule has 0 atom stereocenters. The lowest BCUT2D eigenvalue weighted by Gasteiger charge is -2.28. The van der Waals surface area contributed by atoms with Crippen molar-refractivity contribution in [2.75, 3.05) is 13.1 Å². The van der Waals surface area contributed by atoms with Gasteiger partial charge in [0.05, 0.1) is 0 Å². The van der Waals surface area contributed by atoms with Crippen molar-refractivity contribution in [3.63, 3.8) is 0 Å². The van der Waals surface area contributed by atoms with Crippen LogP contribution in [-0.2, 0) is 0 Å². The summed E-state index contributed by atoms with van der Waals surface area (Å²) in [6.45, 7) is 2.29. The molecule has 0 N–H and O–H groups in total.